The van der Waals surface area contributed by atoms with Crippen LogP contribution in [-0.4, -0.2) is 42.3 Å². The number of amides is 1. The van der Waals surface area contributed by atoms with Crippen molar-refractivity contribution in [3.8, 4) is 0 Å². The van der Waals surface area contributed by atoms with Gasteiger partial charge in [-0.15, -0.1) is 0 Å². The fraction of sp³-hybridized carbons (Fsp3) is 0.632. The smallest absolute Gasteiger partial charge is 0.410 e. The van der Waals surface area contributed by atoms with E-state index in [4.69, 9.17) is 4.74 Å². The second kappa shape index (κ2) is 6.91. The Morgan fingerprint density at radius 2 is 1.87 bits per heavy atom. The molecule has 1 atom stereocenters. The number of hydrogen-bond donors (Lipinski definition) is 1. The topological polar surface area (TPSA) is 41.6 Å². The molecule has 0 spiro atoms. The number of nitrogens with one attached hydrogen (secondary N) is 1. The number of rotatable bonds is 4. The lowest BCUT2D eigenvalue weighted by Crippen LogP contribution is -2.42. The van der Waals surface area contributed by atoms with E-state index in [1.54, 1.807) is 4.90 Å². The molecule has 1 aliphatic rings. The minimum atomic E-state index is -0.433. The Kier molecular flexibility index (Phi) is 5.35. The summed E-state index contributed by atoms with van der Waals surface area (Å²) in [7, 11) is 0. The molecule has 0 aromatic heterocycles. The zero-order chi connectivity index (χ0) is 17.1. The molecule has 1 N–H and O–H groups in total. The Bertz CT molecular complexity index is 520. The fourth-order valence-electron chi connectivity index (χ4n) is 2.81. The molecule has 128 valence electrons. The summed E-state index contributed by atoms with van der Waals surface area (Å²) < 4.78 is 5.44. The van der Waals surface area contributed by atoms with Crippen molar-refractivity contribution in [2.75, 3.05) is 19.6 Å². The molecule has 0 saturated carbocycles. The third-order valence-electron chi connectivity index (χ3n) is 4.23. The molecule has 1 fully saturated rings. The molecule has 23 heavy (non-hydrogen) atoms. The van der Waals surface area contributed by atoms with Crippen LogP contribution < -0.4 is 5.32 Å². The standard InChI is InChI=1S/C19H30N2O2/c1-18(2,3)23-17(22)21-12-11-16(13-21)20-14-19(4,5)15-9-7-6-8-10-15/h6-10,16,20H,11-14H2,1-5H3. The van der Waals surface area contributed by atoms with Crippen molar-refractivity contribution < 1.29 is 9.53 Å². The first kappa shape index (κ1) is 17.8. The second-order valence-corrected chi connectivity index (χ2v) is 8.04. The van der Waals surface area contributed by atoms with Crippen LogP contribution in [0, 0.1) is 0 Å². The van der Waals surface area contributed by atoms with Gasteiger partial charge < -0.3 is 15.0 Å². The van der Waals surface area contributed by atoms with Crippen LogP contribution in [0.4, 0.5) is 4.79 Å². The molecule has 1 unspecified atom stereocenters. The van der Waals surface area contributed by atoms with E-state index in [2.05, 4.69) is 43.4 Å². The van der Waals surface area contributed by atoms with Crippen LogP contribution in [0.5, 0.6) is 0 Å². The Labute approximate surface area is 140 Å². The van der Waals surface area contributed by atoms with Crippen LogP contribution in [0.3, 0.4) is 0 Å². The minimum Gasteiger partial charge on any atom is -0.444 e. The first-order chi connectivity index (χ1) is 10.7. The van der Waals surface area contributed by atoms with Gasteiger partial charge in [0.1, 0.15) is 5.60 Å². The third-order valence-corrected chi connectivity index (χ3v) is 4.23. The van der Waals surface area contributed by atoms with Crippen molar-refractivity contribution in [3.05, 3.63) is 35.9 Å². The average Bonchev–Trinajstić information content (AvgIpc) is 2.94. The summed E-state index contributed by atoms with van der Waals surface area (Å²) in [5, 5.41) is 3.62. The number of nitrogens with zero attached hydrogens (tertiary/aromatic N) is 1. The first-order valence-electron chi connectivity index (χ1n) is 8.44. The lowest BCUT2D eigenvalue weighted by molar-refractivity contribution is 0.0291. The van der Waals surface area contributed by atoms with Crippen LogP contribution in [0.25, 0.3) is 0 Å². The highest BCUT2D eigenvalue weighted by molar-refractivity contribution is 5.68. The van der Waals surface area contributed by atoms with E-state index in [0.717, 1.165) is 26.1 Å². The molecule has 0 bridgehead atoms. The van der Waals surface area contributed by atoms with E-state index in [9.17, 15) is 4.79 Å². The minimum absolute atomic E-state index is 0.0700. The van der Waals surface area contributed by atoms with Gasteiger partial charge in [-0.1, -0.05) is 44.2 Å². The van der Waals surface area contributed by atoms with Gasteiger partial charge in [-0.3, -0.25) is 0 Å². The monoisotopic (exact) mass is 318 g/mol. The first-order valence-corrected chi connectivity index (χ1v) is 8.44. The van der Waals surface area contributed by atoms with Crippen molar-refractivity contribution in [1.82, 2.24) is 10.2 Å². The molecular formula is C19H30N2O2. The van der Waals surface area contributed by atoms with Gasteiger partial charge in [0, 0.05) is 31.1 Å². The fourth-order valence-corrected chi connectivity index (χ4v) is 2.81. The Morgan fingerprint density at radius 3 is 2.48 bits per heavy atom. The zero-order valence-corrected chi connectivity index (χ0v) is 15.1. The van der Waals surface area contributed by atoms with E-state index >= 15 is 0 Å². The molecule has 4 heteroatoms. The highest BCUT2D eigenvalue weighted by Gasteiger charge is 2.30. The van der Waals surface area contributed by atoms with E-state index in [0.29, 0.717) is 6.04 Å². The van der Waals surface area contributed by atoms with Gasteiger partial charge in [-0.05, 0) is 32.8 Å². The van der Waals surface area contributed by atoms with Gasteiger partial charge in [0.15, 0.2) is 0 Å². The Balaban J connectivity index is 1.83. The second-order valence-electron chi connectivity index (χ2n) is 8.04. The summed E-state index contributed by atoms with van der Waals surface area (Å²) in [6.07, 6.45) is 0.772. The molecule has 0 aliphatic carbocycles. The normalized spacial score (nSPS) is 19.0. The molecule has 0 radical (unpaired) electrons. The van der Waals surface area contributed by atoms with Crippen LogP contribution in [0.1, 0.15) is 46.6 Å². The van der Waals surface area contributed by atoms with Crippen LogP contribution in [0.2, 0.25) is 0 Å². The summed E-state index contributed by atoms with van der Waals surface area (Å²) in [6.45, 7) is 12.6. The number of likely N-dealkylation sites (tertiary alicyclic amines) is 1. The summed E-state index contributed by atoms with van der Waals surface area (Å²) >= 11 is 0. The van der Waals surface area contributed by atoms with E-state index < -0.39 is 5.60 Å². The maximum Gasteiger partial charge on any atom is 0.410 e. The lowest BCUT2D eigenvalue weighted by Gasteiger charge is -2.28. The predicted molar refractivity (Wildman–Crippen MR) is 93.7 cm³/mol. The summed E-state index contributed by atoms with van der Waals surface area (Å²) in [5.41, 5.74) is 0.966. The van der Waals surface area contributed by atoms with Gasteiger partial charge in [0.05, 0.1) is 0 Å². The quantitative estimate of drug-likeness (QED) is 0.923. The summed E-state index contributed by atoms with van der Waals surface area (Å²) in [5.74, 6) is 0. The van der Waals surface area contributed by atoms with Crippen LogP contribution in [-0.2, 0) is 10.2 Å². The van der Waals surface area contributed by atoms with Gasteiger partial charge in [0.2, 0.25) is 0 Å². The molecule has 1 saturated heterocycles. The van der Waals surface area contributed by atoms with E-state index in [-0.39, 0.29) is 11.5 Å². The number of benzene rings is 1. The molecule has 1 aromatic rings. The molecular weight excluding hydrogens is 288 g/mol. The van der Waals surface area contributed by atoms with Crippen molar-refractivity contribution in [1.29, 1.82) is 0 Å². The van der Waals surface area contributed by atoms with Crippen LogP contribution >= 0.6 is 0 Å². The molecule has 1 heterocycles. The molecule has 2 rings (SSSR count). The van der Waals surface area contributed by atoms with Gasteiger partial charge in [-0.2, -0.15) is 0 Å². The van der Waals surface area contributed by atoms with E-state index in [1.165, 1.54) is 5.56 Å². The predicted octanol–water partition coefficient (Wildman–Crippen LogP) is 3.56. The molecule has 1 aliphatic heterocycles. The molecule has 4 nitrogen and oxygen atoms in total. The molecule has 1 aromatic carbocycles. The van der Waals surface area contributed by atoms with Crippen molar-refractivity contribution in [3.63, 3.8) is 0 Å². The van der Waals surface area contributed by atoms with Crippen molar-refractivity contribution in [2.24, 2.45) is 0 Å². The number of carbonyl (C=O) groups is 1. The van der Waals surface area contributed by atoms with Crippen LogP contribution in [0.15, 0.2) is 30.3 Å². The highest BCUT2D eigenvalue weighted by atomic mass is 16.6. The SMILES string of the molecule is CC(C)(C)OC(=O)N1CCC(NCC(C)(C)c2ccccc2)C1. The largest absolute Gasteiger partial charge is 0.444 e. The summed E-state index contributed by atoms with van der Waals surface area (Å²) in [6, 6.07) is 10.9. The van der Waals surface area contributed by atoms with Gasteiger partial charge in [-0.25, -0.2) is 4.79 Å². The zero-order valence-electron chi connectivity index (χ0n) is 15.1. The summed E-state index contributed by atoms with van der Waals surface area (Å²) in [4.78, 5) is 13.9. The molecule has 1 amide bonds. The van der Waals surface area contributed by atoms with E-state index in [1.807, 2.05) is 26.8 Å². The van der Waals surface area contributed by atoms with Gasteiger partial charge in [0.25, 0.3) is 0 Å². The highest BCUT2D eigenvalue weighted by Crippen LogP contribution is 2.23. The lowest BCUT2D eigenvalue weighted by atomic mass is 9.84. The Morgan fingerprint density at radius 1 is 1.22 bits per heavy atom. The maximum absolute atomic E-state index is 12.1. The third kappa shape index (κ3) is 5.24. The number of carbonyl (C=O) groups excluding carboxylic acids is 1. The van der Waals surface area contributed by atoms with Crippen molar-refractivity contribution >= 4 is 6.09 Å². The number of hydrogen-bond acceptors (Lipinski definition) is 3. The average molecular weight is 318 g/mol. The maximum atomic E-state index is 12.1. The Hall–Kier alpha value is -1.55. The number of ether oxygens (including phenoxy) is 1. The van der Waals surface area contributed by atoms with Gasteiger partial charge >= 0.3 is 6.09 Å². The van der Waals surface area contributed by atoms with Crippen molar-refractivity contribution in [2.45, 2.75) is 58.1 Å².